The number of anilines is 2. The lowest BCUT2D eigenvalue weighted by Gasteiger charge is -2.31. The van der Waals surface area contributed by atoms with Gasteiger partial charge in [-0.05, 0) is 75.2 Å². The summed E-state index contributed by atoms with van der Waals surface area (Å²) in [6.45, 7) is 10.6. The van der Waals surface area contributed by atoms with Crippen molar-refractivity contribution in [3.05, 3.63) is 48.5 Å². The van der Waals surface area contributed by atoms with Crippen molar-refractivity contribution in [3.63, 3.8) is 0 Å². The third-order valence-corrected chi connectivity index (χ3v) is 4.28. The van der Waals surface area contributed by atoms with Crippen molar-refractivity contribution in [2.24, 2.45) is 0 Å². The van der Waals surface area contributed by atoms with Gasteiger partial charge in [0.15, 0.2) is 0 Å². The number of benzene rings is 2. The normalized spacial score (nSPS) is 10.4. The molecule has 0 N–H and O–H groups in total. The van der Waals surface area contributed by atoms with Crippen molar-refractivity contribution in [1.29, 1.82) is 0 Å². The van der Waals surface area contributed by atoms with Crippen molar-refractivity contribution >= 4 is 17.4 Å². The number of ether oxygens (including phenoxy) is 2. The Morgan fingerprint density at radius 3 is 1.32 bits per heavy atom. The van der Waals surface area contributed by atoms with Crippen LogP contribution in [0.3, 0.4) is 0 Å². The third-order valence-electron chi connectivity index (χ3n) is 4.28. The zero-order valence-corrected chi connectivity index (χ0v) is 17.5. The molecule has 5 nitrogen and oxygen atoms in total. The van der Waals surface area contributed by atoms with E-state index in [1.165, 1.54) is 0 Å². The molecule has 0 unspecified atom stereocenters. The van der Waals surface area contributed by atoms with Crippen LogP contribution in [0, 0.1) is 0 Å². The van der Waals surface area contributed by atoms with Gasteiger partial charge in [0.2, 0.25) is 0 Å². The minimum Gasteiger partial charge on any atom is -0.494 e. The molecule has 0 fully saturated rings. The molecular formula is C23H32N2O3. The van der Waals surface area contributed by atoms with Crippen LogP contribution in [0.15, 0.2) is 48.5 Å². The van der Waals surface area contributed by atoms with Gasteiger partial charge < -0.3 is 9.47 Å². The summed E-state index contributed by atoms with van der Waals surface area (Å²) in [6.07, 6.45) is 1.75. The van der Waals surface area contributed by atoms with E-state index in [9.17, 15) is 4.79 Å². The molecule has 5 heteroatoms. The number of nitrogens with zero attached hydrogens (tertiary/aromatic N) is 2. The molecule has 0 aromatic heterocycles. The molecule has 152 valence electrons. The number of urea groups is 1. The monoisotopic (exact) mass is 384 g/mol. The van der Waals surface area contributed by atoms with Crippen LogP contribution in [0.4, 0.5) is 16.2 Å². The summed E-state index contributed by atoms with van der Waals surface area (Å²) >= 11 is 0. The first-order valence-electron chi connectivity index (χ1n) is 10.2. The van der Waals surface area contributed by atoms with Crippen LogP contribution in [0.1, 0.15) is 40.5 Å². The number of rotatable bonds is 10. The van der Waals surface area contributed by atoms with Gasteiger partial charge in [0.05, 0.1) is 13.2 Å². The maximum Gasteiger partial charge on any atom is 0.328 e. The summed E-state index contributed by atoms with van der Waals surface area (Å²) in [5.41, 5.74) is 1.75. The van der Waals surface area contributed by atoms with Crippen molar-refractivity contribution < 1.29 is 14.3 Å². The fourth-order valence-corrected chi connectivity index (χ4v) is 3.04. The fourth-order valence-electron chi connectivity index (χ4n) is 3.04. The van der Waals surface area contributed by atoms with Gasteiger partial charge in [-0.25, -0.2) is 4.79 Å². The molecule has 2 amide bonds. The minimum atomic E-state index is -0.0166. The maximum atomic E-state index is 13.4. The lowest BCUT2D eigenvalue weighted by Crippen LogP contribution is -2.44. The van der Waals surface area contributed by atoms with Gasteiger partial charge in [-0.2, -0.15) is 0 Å². The fraction of sp³-hybridized carbons (Fsp3) is 0.435. The van der Waals surface area contributed by atoms with Crippen molar-refractivity contribution in [2.75, 3.05) is 36.1 Å². The second-order valence-corrected chi connectivity index (χ2v) is 6.44. The Morgan fingerprint density at radius 2 is 1.04 bits per heavy atom. The number of carbonyl (C=O) groups excluding carboxylic acids is 1. The van der Waals surface area contributed by atoms with Crippen LogP contribution in [0.2, 0.25) is 0 Å². The van der Waals surface area contributed by atoms with E-state index in [2.05, 4.69) is 13.8 Å². The molecule has 0 heterocycles. The molecule has 0 aliphatic carbocycles. The van der Waals surface area contributed by atoms with Crippen LogP contribution in [0.25, 0.3) is 0 Å². The SMILES string of the molecule is CCCN(C(=O)N(CCC)c1ccc(OCC)cc1)c1ccc(OCC)cc1. The van der Waals surface area contributed by atoms with E-state index in [-0.39, 0.29) is 6.03 Å². The van der Waals surface area contributed by atoms with Crippen molar-refractivity contribution in [1.82, 2.24) is 0 Å². The molecule has 0 saturated carbocycles. The Labute approximate surface area is 168 Å². The lowest BCUT2D eigenvalue weighted by molar-refractivity contribution is 0.251. The highest BCUT2D eigenvalue weighted by atomic mass is 16.5. The Hall–Kier alpha value is -2.69. The second kappa shape index (κ2) is 11.2. The van der Waals surface area contributed by atoms with E-state index < -0.39 is 0 Å². The highest BCUT2D eigenvalue weighted by molar-refractivity contribution is 6.03. The maximum absolute atomic E-state index is 13.4. The van der Waals surface area contributed by atoms with Gasteiger partial charge in [0, 0.05) is 24.5 Å². The van der Waals surface area contributed by atoms with Crippen LogP contribution in [-0.2, 0) is 0 Å². The molecular weight excluding hydrogens is 352 g/mol. The Bertz CT molecular complexity index is 652. The smallest absolute Gasteiger partial charge is 0.328 e. The molecule has 0 spiro atoms. The Morgan fingerprint density at radius 1 is 0.679 bits per heavy atom. The number of hydrogen-bond donors (Lipinski definition) is 0. The molecule has 2 aromatic carbocycles. The van der Waals surface area contributed by atoms with Gasteiger partial charge in [0.25, 0.3) is 0 Å². The van der Waals surface area contributed by atoms with Crippen LogP contribution in [-0.4, -0.2) is 32.3 Å². The molecule has 2 rings (SSSR count). The van der Waals surface area contributed by atoms with Crippen molar-refractivity contribution in [3.8, 4) is 11.5 Å². The predicted octanol–water partition coefficient (Wildman–Crippen LogP) is 5.74. The summed E-state index contributed by atoms with van der Waals surface area (Å²) in [4.78, 5) is 17.1. The zero-order valence-electron chi connectivity index (χ0n) is 17.5. The minimum absolute atomic E-state index is 0.0166. The predicted molar refractivity (Wildman–Crippen MR) is 116 cm³/mol. The summed E-state index contributed by atoms with van der Waals surface area (Å²) in [5.74, 6) is 1.62. The number of carbonyl (C=O) groups is 1. The average molecular weight is 385 g/mol. The van der Waals surface area contributed by atoms with E-state index in [0.29, 0.717) is 26.3 Å². The first-order valence-corrected chi connectivity index (χ1v) is 10.2. The van der Waals surface area contributed by atoms with E-state index in [0.717, 1.165) is 35.7 Å². The quantitative estimate of drug-likeness (QED) is 0.525. The molecule has 0 bridgehead atoms. The van der Waals surface area contributed by atoms with Gasteiger partial charge in [-0.15, -0.1) is 0 Å². The van der Waals surface area contributed by atoms with Crippen LogP contribution < -0.4 is 19.3 Å². The Balaban J connectivity index is 2.27. The molecule has 0 radical (unpaired) electrons. The van der Waals surface area contributed by atoms with E-state index in [4.69, 9.17) is 9.47 Å². The summed E-state index contributed by atoms with van der Waals surface area (Å²) in [7, 11) is 0. The summed E-state index contributed by atoms with van der Waals surface area (Å²) in [6, 6.07) is 15.4. The van der Waals surface area contributed by atoms with Crippen LogP contribution >= 0.6 is 0 Å². The standard InChI is InChI=1S/C23H32N2O3/c1-5-17-24(19-9-13-21(14-10-19)27-7-3)23(26)25(18-6-2)20-11-15-22(16-12-20)28-8-4/h9-16H,5-8,17-18H2,1-4H3. The molecule has 0 aliphatic rings. The number of hydrogen-bond acceptors (Lipinski definition) is 3. The molecule has 2 aromatic rings. The van der Waals surface area contributed by atoms with E-state index in [1.54, 1.807) is 0 Å². The van der Waals surface area contributed by atoms with Gasteiger partial charge >= 0.3 is 6.03 Å². The van der Waals surface area contributed by atoms with Gasteiger partial charge in [0.1, 0.15) is 11.5 Å². The Kier molecular flexibility index (Phi) is 8.66. The summed E-state index contributed by atoms with van der Waals surface area (Å²) < 4.78 is 11.0. The van der Waals surface area contributed by atoms with Crippen molar-refractivity contribution in [2.45, 2.75) is 40.5 Å². The molecule has 28 heavy (non-hydrogen) atoms. The first-order chi connectivity index (χ1) is 13.6. The zero-order chi connectivity index (χ0) is 20.4. The molecule has 0 aliphatic heterocycles. The summed E-state index contributed by atoms with van der Waals surface area (Å²) in [5, 5.41) is 0. The molecule has 0 atom stereocenters. The average Bonchev–Trinajstić information content (AvgIpc) is 2.72. The highest BCUT2D eigenvalue weighted by Gasteiger charge is 2.23. The van der Waals surface area contributed by atoms with Gasteiger partial charge in [-0.3, -0.25) is 9.80 Å². The van der Waals surface area contributed by atoms with Gasteiger partial charge in [-0.1, -0.05) is 13.8 Å². The third kappa shape index (κ3) is 5.65. The largest absolute Gasteiger partial charge is 0.494 e. The highest BCUT2D eigenvalue weighted by Crippen LogP contribution is 2.25. The second-order valence-electron chi connectivity index (χ2n) is 6.44. The molecule has 0 saturated heterocycles. The first kappa shape index (κ1) is 21.6. The topological polar surface area (TPSA) is 42.0 Å². The number of amides is 2. The van der Waals surface area contributed by atoms with E-state index >= 15 is 0 Å². The lowest BCUT2D eigenvalue weighted by atomic mass is 10.2. The van der Waals surface area contributed by atoms with E-state index in [1.807, 2.05) is 72.2 Å². The van der Waals surface area contributed by atoms with Crippen LogP contribution in [0.5, 0.6) is 11.5 Å².